The lowest BCUT2D eigenvalue weighted by atomic mass is 10.2. The second kappa shape index (κ2) is 5.21. The summed E-state index contributed by atoms with van der Waals surface area (Å²) >= 11 is 0. The number of nitrogens with zero attached hydrogens (tertiary/aromatic N) is 2. The molecule has 2 rings (SSSR count). The van der Waals surface area contributed by atoms with E-state index < -0.39 is 0 Å². The fourth-order valence-electron chi connectivity index (χ4n) is 1.91. The molecule has 2 aromatic rings. The van der Waals surface area contributed by atoms with Gasteiger partial charge in [0.25, 0.3) is 0 Å². The van der Waals surface area contributed by atoms with E-state index in [1.807, 2.05) is 23.7 Å². The first-order chi connectivity index (χ1) is 8.60. The molecule has 0 radical (unpaired) electrons. The minimum Gasteiger partial charge on any atom is -0.379 e. The highest BCUT2D eigenvalue weighted by molar-refractivity contribution is 5.45. The van der Waals surface area contributed by atoms with Gasteiger partial charge in [-0.3, -0.25) is 4.68 Å². The van der Waals surface area contributed by atoms with E-state index in [0.717, 1.165) is 23.6 Å². The summed E-state index contributed by atoms with van der Waals surface area (Å²) in [6.45, 7) is 7.28. The number of halogens is 1. The Labute approximate surface area is 107 Å². The molecule has 1 aromatic carbocycles. The maximum absolute atomic E-state index is 13.4. The fourth-order valence-corrected chi connectivity index (χ4v) is 1.91. The van der Waals surface area contributed by atoms with Gasteiger partial charge in [0.15, 0.2) is 0 Å². The van der Waals surface area contributed by atoms with E-state index in [9.17, 15) is 4.39 Å². The molecule has 18 heavy (non-hydrogen) atoms. The average molecular weight is 247 g/mol. The molecule has 1 aromatic heterocycles. The number of hydrogen-bond acceptors (Lipinski definition) is 2. The van der Waals surface area contributed by atoms with Gasteiger partial charge >= 0.3 is 0 Å². The SMILES string of the molecule is CCn1nc(C)cc1CNc1ccc(C)c(F)c1. The molecular weight excluding hydrogens is 229 g/mol. The molecule has 1 heterocycles. The van der Waals surface area contributed by atoms with Crippen LogP contribution in [0.4, 0.5) is 10.1 Å². The van der Waals surface area contributed by atoms with Crippen LogP contribution in [0, 0.1) is 19.7 Å². The van der Waals surface area contributed by atoms with Crippen molar-refractivity contribution < 1.29 is 4.39 Å². The lowest BCUT2D eigenvalue weighted by Gasteiger charge is -2.08. The largest absolute Gasteiger partial charge is 0.379 e. The van der Waals surface area contributed by atoms with Gasteiger partial charge in [-0.2, -0.15) is 5.10 Å². The van der Waals surface area contributed by atoms with Crippen molar-refractivity contribution in [1.29, 1.82) is 0 Å². The first kappa shape index (κ1) is 12.6. The molecule has 4 heteroatoms. The first-order valence-corrected chi connectivity index (χ1v) is 6.13. The average Bonchev–Trinajstić information content (AvgIpc) is 2.71. The van der Waals surface area contributed by atoms with Crippen LogP contribution in [0.2, 0.25) is 0 Å². The molecule has 0 bridgehead atoms. The van der Waals surface area contributed by atoms with Crippen molar-refractivity contribution in [2.75, 3.05) is 5.32 Å². The minimum atomic E-state index is -0.180. The van der Waals surface area contributed by atoms with E-state index >= 15 is 0 Å². The van der Waals surface area contributed by atoms with Gasteiger partial charge in [0.2, 0.25) is 0 Å². The molecule has 0 fully saturated rings. The summed E-state index contributed by atoms with van der Waals surface area (Å²) in [6, 6.07) is 7.23. The van der Waals surface area contributed by atoms with Crippen LogP contribution >= 0.6 is 0 Å². The standard InChI is InChI=1S/C14H18FN3/c1-4-18-13(7-11(3)17-18)9-16-12-6-5-10(2)14(15)8-12/h5-8,16H,4,9H2,1-3H3. The van der Waals surface area contributed by atoms with Gasteiger partial charge in [0.05, 0.1) is 17.9 Å². The number of hydrogen-bond donors (Lipinski definition) is 1. The van der Waals surface area contributed by atoms with E-state index in [4.69, 9.17) is 0 Å². The molecule has 0 atom stereocenters. The Bertz CT molecular complexity index is 546. The summed E-state index contributed by atoms with van der Waals surface area (Å²) in [5.74, 6) is -0.180. The van der Waals surface area contributed by atoms with Crippen LogP contribution in [-0.4, -0.2) is 9.78 Å². The maximum Gasteiger partial charge on any atom is 0.128 e. The van der Waals surface area contributed by atoms with Crippen molar-refractivity contribution in [1.82, 2.24) is 9.78 Å². The molecule has 0 unspecified atom stereocenters. The summed E-state index contributed by atoms with van der Waals surface area (Å²) in [5.41, 5.74) is 3.56. The number of nitrogens with one attached hydrogen (secondary N) is 1. The van der Waals surface area contributed by atoms with Crippen LogP contribution in [0.15, 0.2) is 24.3 Å². The van der Waals surface area contributed by atoms with E-state index in [-0.39, 0.29) is 5.82 Å². The van der Waals surface area contributed by atoms with Gasteiger partial charge in [-0.25, -0.2) is 4.39 Å². The molecule has 0 aliphatic carbocycles. The van der Waals surface area contributed by atoms with Crippen LogP contribution in [0.3, 0.4) is 0 Å². The van der Waals surface area contributed by atoms with Crippen molar-refractivity contribution in [3.63, 3.8) is 0 Å². The maximum atomic E-state index is 13.4. The Morgan fingerprint density at radius 2 is 2.06 bits per heavy atom. The smallest absolute Gasteiger partial charge is 0.128 e. The Morgan fingerprint density at radius 1 is 1.28 bits per heavy atom. The van der Waals surface area contributed by atoms with Crippen LogP contribution in [0.1, 0.15) is 23.9 Å². The van der Waals surface area contributed by atoms with Crippen molar-refractivity contribution in [3.05, 3.63) is 47.0 Å². The van der Waals surface area contributed by atoms with Gasteiger partial charge < -0.3 is 5.32 Å². The topological polar surface area (TPSA) is 29.9 Å². The highest BCUT2D eigenvalue weighted by Gasteiger charge is 2.04. The van der Waals surface area contributed by atoms with Gasteiger partial charge in [-0.1, -0.05) is 6.07 Å². The summed E-state index contributed by atoms with van der Waals surface area (Å²) in [5, 5.41) is 7.59. The zero-order valence-electron chi connectivity index (χ0n) is 11.0. The molecule has 0 spiro atoms. The molecule has 0 amide bonds. The third kappa shape index (κ3) is 2.70. The molecular formula is C14H18FN3. The molecule has 0 aliphatic rings. The van der Waals surface area contributed by atoms with E-state index in [0.29, 0.717) is 12.1 Å². The van der Waals surface area contributed by atoms with Crippen LogP contribution in [0.5, 0.6) is 0 Å². The van der Waals surface area contributed by atoms with E-state index in [1.165, 1.54) is 6.07 Å². The second-order valence-electron chi connectivity index (χ2n) is 4.41. The quantitative estimate of drug-likeness (QED) is 0.898. The number of rotatable bonds is 4. The number of aromatic nitrogens is 2. The monoisotopic (exact) mass is 247 g/mol. The van der Waals surface area contributed by atoms with Gasteiger partial charge in [-0.15, -0.1) is 0 Å². The highest BCUT2D eigenvalue weighted by Crippen LogP contribution is 2.15. The zero-order valence-corrected chi connectivity index (χ0v) is 11.0. The zero-order chi connectivity index (χ0) is 13.1. The Kier molecular flexibility index (Phi) is 3.65. The normalized spacial score (nSPS) is 10.7. The van der Waals surface area contributed by atoms with Gasteiger partial charge in [-0.05, 0) is 44.5 Å². The first-order valence-electron chi connectivity index (χ1n) is 6.13. The Hall–Kier alpha value is -1.84. The molecule has 0 aliphatic heterocycles. The predicted molar refractivity (Wildman–Crippen MR) is 71.1 cm³/mol. The highest BCUT2D eigenvalue weighted by atomic mass is 19.1. The van der Waals surface area contributed by atoms with Gasteiger partial charge in [0, 0.05) is 12.2 Å². The molecule has 0 saturated carbocycles. The summed E-state index contributed by atoms with van der Waals surface area (Å²) in [6.07, 6.45) is 0. The lowest BCUT2D eigenvalue weighted by Crippen LogP contribution is -2.08. The third-order valence-corrected chi connectivity index (χ3v) is 2.93. The number of aryl methyl sites for hydroxylation is 3. The van der Waals surface area contributed by atoms with Crippen molar-refractivity contribution in [2.24, 2.45) is 0 Å². The van der Waals surface area contributed by atoms with Crippen molar-refractivity contribution >= 4 is 5.69 Å². The van der Waals surface area contributed by atoms with E-state index in [1.54, 1.807) is 13.0 Å². The molecule has 0 saturated heterocycles. The summed E-state index contributed by atoms with van der Waals surface area (Å²) in [7, 11) is 0. The molecule has 96 valence electrons. The fraction of sp³-hybridized carbons (Fsp3) is 0.357. The Balaban J connectivity index is 2.08. The minimum absolute atomic E-state index is 0.180. The van der Waals surface area contributed by atoms with Crippen LogP contribution < -0.4 is 5.32 Å². The van der Waals surface area contributed by atoms with Crippen LogP contribution in [-0.2, 0) is 13.1 Å². The van der Waals surface area contributed by atoms with Crippen molar-refractivity contribution in [2.45, 2.75) is 33.9 Å². The Morgan fingerprint density at radius 3 is 2.72 bits per heavy atom. The third-order valence-electron chi connectivity index (χ3n) is 2.93. The molecule has 3 nitrogen and oxygen atoms in total. The number of benzene rings is 1. The second-order valence-corrected chi connectivity index (χ2v) is 4.41. The summed E-state index contributed by atoms with van der Waals surface area (Å²) < 4.78 is 15.3. The van der Waals surface area contributed by atoms with Crippen molar-refractivity contribution in [3.8, 4) is 0 Å². The lowest BCUT2D eigenvalue weighted by molar-refractivity contribution is 0.617. The van der Waals surface area contributed by atoms with Gasteiger partial charge in [0.1, 0.15) is 5.82 Å². The van der Waals surface area contributed by atoms with E-state index in [2.05, 4.69) is 17.3 Å². The predicted octanol–water partition coefficient (Wildman–Crippen LogP) is 3.27. The molecule has 1 N–H and O–H groups in total. The summed E-state index contributed by atoms with van der Waals surface area (Å²) in [4.78, 5) is 0. The number of anilines is 1. The van der Waals surface area contributed by atoms with Crippen LogP contribution in [0.25, 0.3) is 0 Å².